The number of methoxy groups -OCH3 is 1. The molecule has 0 fully saturated rings. The second-order valence-corrected chi connectivity index (χ2v) is 2.90. The lowest BCUT2D eigenvalue weighted by atomic mass is 10.2. The summed E-state index contributed by atoms with van der Waals surface area (Å²) in [6, 6.07) is 0. The topological polar surface area (TPSA) is 52.3 Å². The number of rotatable bonds is 5. The molecular weight excluding hydrogens is 245 g/mol. The Morgan fingerprint density at radius 3 is 2.70 bits per heavy atom. The van der Waals surface area contributed by atoms with Crippen LogP contribution in [0.25, 0.3) is 0 Å². The average Bonchev–Trinajstić information content (AvgIpc) is 1.90. The Balaban J connectivity index is 3.34. The van der Waals surface area contributed by atoms with Crippen molar-refractivity contribution >= 4 is 28.5 Å². The third-order valence-electron chi connectivity index (χ3n) is 1.22. The first-order chi connectivity index (χ1) is 4.70. The number of amides is 1. The second kappa shape index (κ2) is 5.91. The van der Waals surface area contributed by atoms with Crippen molar-refractivity contribution in [2.24, 2.45) is 5.73 Å². The highest BCUT2D eigenvalue weighted by molar-refractivity contribution is 14.1. The lowest BCUT2D eigenvalue weighted by molar-refractivity contribution is -0.118. The van der Waals surface area contributed by atoms with E-state index >= 15 is 0 Å². The molecule has 0 spiro atoms. The lowest BCUT2D eigenvalue weighted by Crippen LogP contribution is -2.17. The van der Waals surface area contributed by atoms with Gasteiger partial charge in [0, 0.05) is 18.0 Å². The van der Waals surface area contributed by atoms with Gasteiger partial charge in [0.2, 0.25) is 5.91 Å². The fraction of sp³-hybridized carbons (Fsp3) is 0.833. The molecule has 3 nitrogen and oxygen atoms in total. The number of hydrogen-bond donors (Lipinski definition) is 1. The molecule has 0 aliphatic heterocycles. The van der Waals surface area contributed by atoms with Gasteiger partial charge in [0.25, 0.3) is 0 Å². The molecule has 0 aromatic heterocycles. The monoisotopic (exact) mass is 257 g/mol. The van der Waals surface area contributed by atoms with Crippen molar-refractivity contribution in [3.63, 3.8) is 0 Å². The van der Waals surface area contributed by atoms with E-state index in [0.717, 1.165) is 10.8 Å². The molecule has 0 aliphatic carbocycles. The minimum absolute atomic E-state index is 0.174. The van der Waals surface area contributed by atoms with Crippen LogP contribution in [0.1, 0.15) is 12.8 Å². The molecule has 0 aliphatic rings. The largest absolute Gasteiger partial charge is 0.381 e. The summed E-state index contributed by atoms with van der Waals surface area (Å²) >= 11 is 2.22. The molecule has 0 aromatic rings. The number of nitrogens with two attached hydrogens (primary N) is 1. The van der Waals surface area contributed by atoms with Crippen molar-refractivity contribution in [3.05, 3.63) is 0 Å². The van der Waals surface area contributed by atoms with Gasteiger partial charge in [0.05, 0.1) is 6.10 Å². The van der Waals surface area contributed by atoms with E-state index in [1.807, 2.05) is 0 Å². The van der Waals surface area contributed by atoms with Gasteiger partial charge in [-0.1, -0.05) is 22.6 Å². The van der Waals surface area contributed by atoms with Crippen LogP contribution in [0.2, 0.25) is 0 Å². The van der Waals surface area contributed by atoms with Gasteiger partial charge in [-0.2, -0.15) is 0 Å². The number of halogens is 1. The summed E-state index contributed by atoms with van der Waals surface area (Å²) in [7, 11) is 1.64. The fourth-order valence-electron chi connectivity index (χ4n) is 0.561. The Kier molecular flexibility index (Phi) is 6.00. The van der Waals surface area contributed by atoms with Gasteiger partial charge in [-0.3, -0.25) is 4.79 Å². The molecule has 10 heavy (non-hydrogen) atoms. The van der Waals surface area contributed by atoms with Gasteiger partial charge in [0.1, 0.15) is 0 Å². The number of alkyl halides is 1. The molecule has 0 radical (unpaired) electrons. The fourth-order valence-corrected chi connectivity index (χ4v) is 1.36. The van der Waals surface area contributed by atoms with E-state index in [1.54, 1.807) is 7.11 Å². The maximum atomic E-state index is 10.3. The van der Waals surface area contributed by atoms with Gasteiger partial charge in [0.15, 0.2) is 0 Å². The van der Waals surface area contributed by atoms with Crippen LogP contribution in [0, 0.1) is 0 Å². The van der Waals surface area contributed by atoms with Crippen LogP contribution in [0.3, 0.4) is 0 Å². The van der Waals surface area contributed by atoms with Gasteiger partial charge in [-0.05, 0) is 6.42 Å². The standard InChI is InChI=1S/C6H12INO2/c1-10-5(4-7)2-3-6(8)9/h5H,2-4H2,1H3,(H2,8,9)/t5-/m1/s1. The number of carbonyl (C=O) groups is 1. The number of carbonyl (C=O) groups excluding carboxylic acids is 1. The second-order valence-electron chi connectivity index (χ2n) is 2.02. The normalized spacial score (nSPS) is 13.0. The molecule has 60 valence electrons. The summed E-state index contributed by atoms with van der Waals surface area (Å²) in [5, 5.41) is 0. The lowest BCUT2D eigenvalue weighted by Gasteiger charge is -2.09. The number of primary amides is 1. The highest BCUT2D eigenvalue weighted by Crippen LogP contribution is 2.03. The van der Waals surface area contributed by atoms with Crippen LogP contribution in [0.15, 0.2) is 0 Å². The van der Waals surface area contributed by atoms with Crippen LogP contribution in [0.4, 0.5) is 0 Å². The summed E-state index contributed by atoms with van der Waals surface area (Å²) in [6.45, 7) is 0. The van der Waals surface area contributed by atoms with E-state index in [-0.39, 0.29) is 12.0 Å². The maximum Gasteiger partial charge on any atom is 0.217 e. The molecule has 0 saturated heterocycles. The first-order valence-electron chi connectivity index (χ1n) is 3.07. The molecule has 0 bridgehead atoms. The maximum absolute atomic E-state index is 10.3. The van der Waals surface area contributed by atoms with E-state index in [4.69, 9.17) is 10.5 Å². The molecule has 4 heteroatoms. The van der Waals surface area contributed by atoms with Crippen LogP contribution >= 0.6 is 22.6 Å². The van der Waals surface area contributed by atoms with Crippen LogP contribution in [-0.2, 0) is 9.53 Å². The summed E-state index contributed by atoms with van der Waals surface area (Å²) in [5.74, 6) is -0.257. The molecule has 0 rings (SSSR count). The first-order valence-corrected chi connectivity index (χ1v) is 4.60. The smallest absolute Gasteiger partial charge is 0.217 e. The summed E-state index contributed by atoms with van der Waals surface area (Å²) < 4.78 is 5.94. The first kappa shape index (κ1) is 10.2. The third-order valence-corrected chi connectivity index (χ3v) is 2.20. The van der Waals surface area contributed by atoms with Crippen molar-refractivity contribution in [2.75, 3.05) is 11.5 Å². The minimum atomic E-state index is -0.257. The Morgan fingerprint density at radius 2 is 2.40 bits per heavy atom. The molecule has 0 unspecified atom stereocenters. The Morgan fingerprint density at radius 1 is 1.80 bits per heavy atom. The predicted molar refractivity (Wildman–Crippen MR) is 48.1 cm³/mol. The van der Waals surface area contributed by atoms with E-state index < -0.39 is 0 Å². The Hall–Kier alpha value is 0.160. The third kappa shape index (κ3) is 4.99. The molecule has 0 heterocycles. The highest BCUT2D eigenvalue weighted by atomic mass is 127. The van der Waals surface area contributed by atoms with E-state index in [1.165, 1.54) is 0 Å². The highest BCUT2D eigenvalue weighted by Gasteiger charge is 2.05. The van der Waals surface area contributed by atoms with Crippen molar-refractivity contribution in [3.8, 4) is 0 Å². The van der Waals surface area contributed by atoms with E-state index in [9.17, 15) is 4.79 Å². The number of ether oxygens (including phenoxy) is 1. The zero-order valence-electron chi connectivity index (χ0n) is 5.97. The molecule has 0 aromatic carbocycles. The molecular formula is C6H12INO2. The SMILES string of the molecule is CO[C@@H](CI)CCC(N)=O. The van der Waals surface area contributed by atoms with Gasteiger partial charge in [-0.25, -0.2) is 0 Å². The molecule has 0 saturated carbocycles. The average molecular weight is 257 g/mol. The molecule has 2 N–H and O–H groups in total. The minimum Gasteiger partial charge on any atom is -0.381 e. The van der Waals surface area contributed by atoms with Gasteiger partial charge >= 0.3 is 0 Å². The van der Waals surface area contributed by atoms with Crippen molar-refractivity contribution in [2.45, 2.75) is 18.9 Å². The number of hydrogen-bond acceptors (Lipinski definition) is 2. The van der Waals surface area contributed by atoms with Crippen LogP contribution in [-0.4, -0.2) is 23.5 Å². The zero-order valence-corrected chi connectivity index (χ0v) is 8.13. The summed E-state index contributed by atoms with van der Waals surface area (Å²) in [6.07, 6.45) is 1.32. The summed E-state index contributed by atoms with van der Waals surface area (Å²) in [4.78, 5) is 10.3. The summed E-state index contributed by atoms with van der Waals surface area (Å²) in [5.41, 5.74) is 4.95. The van der Waals surface area contributed by atoms with Crippen LogP contribution in [0.5, 0.6) is 0 Å². The zero-order chi connectivity index (χ0) is 7.98. The van der Waals surface area contributed by atoms with Crippen molar-refractivity contribution in [1.82, 2.24) is 0 Å². The van der Waals surface area contributed by atoms with E-state index in [2.05, 4.69) is 22.6 Å². The quantitative estimate of drug-likeness (QED) is 0.582. The van der Waals surface area contributed by atoms with E-state index in [0.29, 0.717) is 6.42 Å². The Bertz CT molecular complexity index is 104. The molecule has 1 amide bonds. The van der Waals surface area contributed by atoms with Crippen molar-refractivity contribution in [1.29, 1.82) is 0 Å². The van der Waals surface area contributed by atoms with Gasteiger partial charge in [-0.15, -0.1) is 0 Å². The van der Waals surface area contributed by atoms with Crippen LogP contribution < -0.4 is 5.73 Å². The Labute approximate surface area is 74.4 Å². The molecule has 1 atom stereocenters. The predicted octanol–water partition coefficient (Wildman–Crippen LogP) is 0.702. The van der Waals surface area contributed by atoms with Crippen molar-refractivity contribution < 1.29 is 9.53 Å². The van der Waals surface area contributed by atoms with Gasteiger partial charge < -0.3 is 10.5 Å².